The van der Waals surface area contributed by atoms with Gasteiger partial charge in [0.1, 0.15) is 0 Å². The van der Waals surface area contributed by atoms with Crippen molar-refractivity contribution < 1.29 is 0 Å². The smallest absolute Gasteiger partial charge is 0.00791 e. The molecule has 1 saturated heterocycles. The zero-order chi connectivity index (χ0) is 11.4. The quantitative estimate of drug-likeness (QED) is 0.840. The number of rotatable bonds is 4. The lowest BCUT2D eigenvalue weighted by molar-refractivity contribution is 0.333. The van der Waals surface area contributed by atoms with Crippen LogP contribution in [0.4, 0.5) is 0 Å². The predicted octanol–water partition coefficient (Wildman–Crippen LogP) is 3.80. The Morgan fingerprint density at radius 1 is 1.38 bits per heavy atom. The van der Waals surface area contributed by atoms with E-state index in [0.29, 0.717) is 0 Å². The molecule has 1 aromatic heterocycles. The summed E-state index contributed by atoms with van der Waals surface area (Å²) in [6, 6.07) is 4.70. The molecule has 1 N–H and O–H groups in total. The average molecular weight is 237 g/mol. The molecule has 0 amide bonds. The van der Waals surface area contributed by atoms with Crippen molar-refractivity contribution in [1.82, 2.24) is 5.32 Å². The Labute approximate surface area is 103 Å². The lowest BCUT2D eigenvalue weighted by atomic mass is 9.85. The first-order valence-corrected chi connectivity index (χ1v) is 7.42. The lowest BCUT2D eigenvalue weighted by Crippen LogP contribution is -2.29. The van der Waals surface area contributed by atoms with E-state index in [1.807, 2.05) is 11.3 Å². The van der Waals surface area contributed by atoms with Crippen LogP contribution < -0.4 is 5.32 Å². The molecule has 90 valence electrons. The molecule has 0 bridgehead atoms. The molecule has 2 heteroatoms. The molecule has 1 aliphatic heterocycles. The number of aryl methyl sites for hydroxylation is 1. The van der Waals surface area contributed by atoms with Crippen LogP contribution >= 0.6 is 11.3 Å². The van der Waals surface area contributed by atoms with Gasteiger partial charge in [-0.3, -0.25) is 0 Å². The highest BCUT2D eigenvalue weighted by molar-refractivity contribution is 7.12. The maximum absolute atomic E-state index is 3.45. The van der Waals surface area contributed by atoms with Crippen molar-refractivity contribution in [3.8, 4) is 0 Å². The normalized spacial score (nSPS) is 19.9. The molecule has 1 fully saturated rings. The summed E-state index contributed by atoms with van der Waals surface area (Å²) in [4.78, 5) is 3.17. The van der Waals surface area contributed by atoms with Crippen LogP contribution in [-0.4, -0.2) is 13.1 Å². The summed E-state index contributed by atoms with van der Waals surface area (Å²) >= 11 is 2.04. The van der Waals surface area contributed by atoms with Crippen molar-refractivity contribution in [1.29, 1.82) is 0 Å². The van der Waals surface area contributed by atoms with E-state index in [1.54, 1.807) is 9.75 Å². The molecule has 1 unspecified atom stereocenters. The van der Waals surface area contributed by atoms with E-state index in [1.165, 1.54) is 38.8 Å². The van der Waals surface area contributed by atoms with Crippen LogP contribution in [0.1, 0.15) is 48.8 Å². The summed E-state index contributed by atoms with van der Waals surface area (Å²) in [5.41, 5.74) is 0. The standard InChI is InChI=1S/C14H23NS/c1-3-4-13-5-6-14(16-13)11(2)12-7-9-15-10-8-12/h5-6,11-12,15H,3-4,7-10H2,1-2H3. The van der Waals surface area contributed by atoms with E-state index < -0.39 is 0 Å². The van der Waals surface area contributed by atoms with Crippen molar-refractivity contribution in [3.63, 3.8) is 0 Å². The van der Waals surface area contributed by atoms with Gasteiger partial charge in [0.05, 0.1) is 0 Å². The highest BCUT2D eigenvalue weighted by Gasteiger charge is 2.22. The molecule has 0 aliphatic carbocycles. The van der Waals surface area contributed by atoms with Gasteiger partial charge in [-0.05, 0) is 56.3 Å². The van der Waals surface area contributed by atoms with Crippen LogP contribution in [-0.2, 0) is 6.42 Å². The lowest BCUT2D eigenvalue weighted by Gasteiger charge is -2.27. The average Bonchev–Trinajstić information content (AvgIpc) is 2.78. The van der Waals surface area contributed by atoms with Gasteiger partial charge in [-0.1, -0.05) is 20.3 Å². The van der Waals surface area contributed by atoms with Crippen molar-refractivity contribution in [2.24, 2.45) is 5.92 Å². The van der Waals surface area contributed by atoms with E-state index in [9.17, 15) is 0 Å². The fourth-order valence-electron chi connectivity index (χ4n) is 2.60. The van der Waals surface area contributed by atoms with Gasteiger partial charge < -0.3 is 5.32 Å². The topological polar surface area (TPSA) is 12.0 Å². The second-order valence-electron chi connectivity index (χ2n) is 4.93. The molecule has 0 radical (unpaired) electrons. The number of hydrogen-bond donors (Lipinski definition) is 1. The summed E-state index contributed by atoms with van der Waals surface area (Å²) in [7, 11) is 0. The second-order valence-corrected chi connectivity index (χ2v) is 6.13. The van der Waals surface area contributed by atoms with Crippen LogP contribution in [0.25, 0.3) is 0 Å². The van der Waals surface area contributed by atoms with Crippen molar-refractivity contribution >= 4 is 11.3 Å². The fraction of sp³-hybridized carbons (Fsp3) is 0.714. The van der Waals surface area contributed by atoms with Crippen molar-refractivity contribution in [3.05, 3.63) is 21.9 Å². The fourth-order valence-corrected chi connectivity index (χ4v) is 3.86. The number of hydrogen-bond acceptors (Lipinski definition) is 2. The Hall–Kier alpha value is -0.340. The summed E-state index contributed by atoms with van der Waals surface area (Å²) in [6.07, 6.45) is 5.22. The highest BCUT2D eigenvalue weighted by Crippen LogP contribution is 2.34. The first-order valence-electron chi connectivity index (χ1n) is 6.60. The van der Waals surface area contributed by atoms with E-state index in [-0.39, 0.29) is 0 Å². The van der Waals surface area contributed by atoms with Gasteiger partial charge in [0.25, 0.3) is 0 Å². The van der Waals surface area contributed by atoms with Gasteiger partial charge in [-0.15, -0.1) is 11.3 Å². The summed E-state index contributed by atoms with van der Waals surface area (Å²) in [5, 5.41) is 3.45. The molecule has 1 aromatic rings. The zero-order valence-corrected chi connectivity index (χ0v) is 11.3. The molecule has 0 spiro atoms. The van der Waals surface area contributed by atoms with Gasteiger partial charge in [0.15, 0.2) is 0 Å². The van der Waals surface area contributed by atoms with Gasteiger partial charge in [0, 0.05) is 9.75 Å². The first kappa shape index (κ1) is 12.1. The number of nitrogens with one attached hydrogen (secondary N) is 1. The second kappa shape index (κ2) is 5.83. The zero-order valence-electron chi connectivity index (χ0n) is 10.5. The molecule has 16 heavy (non-hydrogen) atoms. The third-order valence-corrected chi connectivity index (χ3v) is 5.06. The molecular weight excluding hydrogens is 214 g/mol. The third kappa shape index (κ3) is 2.86. The maximum atomic E-state index is 3.45. The predicted molar refractivity (Wildman–Crippen MR) is 72.3 cm³/mol. The molecule has 2 rings (SSSR count). The van der Waals surface area contributed by atoms with E-state index >= 15 is 0 Å². The van der Waals surface area contributed by atoms with Crippen LogP contribution in [0.5, 0.6) is 0 Å². The van der Waals surface area contributed by atoms with Crippen LogP contribution in [0, 0.1) is 5.92 Å². The van der Waals surface area contributed by atoms with Crippen molar-refractivity contribution in [2.45, 2.75) is 45.4 Å². The maximum Gasteiger partial charge on any atom is 0.00791 e. The summed E-state index contributed by atoms with van der Waals surface area (Å²) in [5.74, 6) is 1.66. The highest BCUT2D eigenvalue weighted by atomic mass is 32.1. The minimum absolute atomic E-state index is 0.762. The molecule has 0 aromatic carbocycles. The van der Waals surface area contributed by atoms with Gasteiger partial charge in [-0.2, -0.15) is 0 Å². The molecule has 2 heterocycles. The van der Waals surface area contributed by atoms with E-state index in [2.05, 4.69) is 31.3 Å². The molecular formula is C14H23NS. The Morgan fingerprint density at radius 2 is 2.12 bits per heavy atom. The van der Waals surface area contributed by atoms with Crippen molar-refractivity contribution in [2.75, 3.05) is 13.1 Å². The minimum Gasteiger partial charge on any atom is -0.317 e. The first-order chi connectivity index (χ1) is 7.81. The van der Waals surface area contributed by atoms with Crippen LogP contribution in [0.15, 0.2) is 12.1 Å². The molecule has 1 atom stereocenters. The number of piperidine rings is 1. The Balaban J connectivity index is 1.98. The largest absolute Gasteiger partial charge is 0.317 e. The Bertz CT molecular complexity index is 312. The van der Waals surface area contributed by atoms with Gasteiger partial charge >= 0.3 is 0 Å². The van der Waals surface area contributed by atoms with Crippen LogP contribution in [0.3, 0.4) is 0 Å². The number of thiophene rings is 1. The van der Waals surface area contributed by atoms with Gasteiger partial charge in [0.2, 0.25) is 0 Å². The molecule has 1 nitrogen and oxygen atoms in total. The molecule has 1 aliphatic rings. The Kier molecular flexibility index (Phi) is 4.42. The Morgan fingerprint density at radius 3 is 2.81 bits per heavy atom. The monoisotopic (exact) mass is 237 g/mol. The SMILES string of the molecule is CCCc1ccc(C(C)C2CCNCC2)s1. The minimum atomic E-state index is 0.762. The van der Waals surface area contributed by atoms with E-state index in [0.717, 1.165) is 11.8 Å². The van der Waals surface area contributed by atoms with Gasteiger partial charge in [-0.25, -0.2) is 0 Å². The van der Waals surface area contributed by atoms with Crippen LogP contribution in [0.2, 0.25) is 0 Å². The summed E-state index contributed by atoms with van der Waals surface area (Å²) in [6.45, 7) is 7.09. The molecule has 0 saturated carbocycles. The van der Waals surface area contributed by atoms with E-state index in [4.69, 9.17) is 0 Å². The third-order valence-electron chi connectivity index (χ3n) is 3.72. The summed E-state index contributed by atoms with van der Waals surface area (Å²) < 4.78 is 0.